The molecule has 0 radical (unpaired) electrons. The van der Waals surface area contributed by atoms with Crippen LogP contribution in [0.2, 0.25) is 0 Å². The average Bonchev–Trinajstić information content (AvgIpc) is 2.53. The lowest BCUT2D eigenvalue weighted by atomic mass is 10.1. The highest BCUT2D eigenvalue weighted by Gasteiger charge is 2.11. The smallest absolute Gasteiger partial charge is 0.255 e. The fraction of sp³-hybridized carbons (Fsp3) is 0.529. The van der Waals surface area contributed by atoms with E-state index in [1.165, 1.54) is 43.9 Å². The van der Waals surface area contributed by atoms with E-state index in [9.17, 15) is 14.7 Å². The zero-order valence-corrected chi connectivity index (χ0v) is 13.2. The number of rotatable bonds is 11. The molecule has 0 unspecified atom stereocenters. The van der Waals surface area contributed by atoms with Gasteiger partial charge in [0.15, 0.2) is 0 Å². The molecule has 22 heavy (non-hydrogen) atoms. The minimum absolute atomic E-state index is 0.104. The molecular weight excluding hydrogens is 280 g/mol. The van der Waals surface area contributed by atoms with Gasteiger partial charge >= 0.3 is 0 Å². The molecule has 0 aliphatic rings. The Balaban J connectivity index is 2.20. The van der Waals surface area contributed by atoms with Gasteiger partial charge in [-0.2, -0.15) is 0 Å². The van der Waals surface area contributed by atoms with E-state index >= 15 is 0 Å². The Labute approximate surface area is 132 Å². The molecule has 5 nitrogen and oxygen atoms in total. The van der Waals surface area contributed by atoms with Crippen molar-refractivity contribution in [3.8, 4) is 5.75 Å². The summed E-state index contributed by atoms with van der Waals surface area (Å²) in [6.07, 6.45) is 7.50. The van der Waals surface area contributed by atoms with E-state index < -0.39 is 0 Å². The van der Waals surface area contributed by atoms with E-state index in [0.717, 1.165) is 19.4 Å². The summed E-state index contributed by atoms with van der Waals surface area (Å²) in [6.45, 7) is 1.65. The minimum Gasteiger partial charge on any atom is -0.507 e. The molecule has 1 amide bonds. The van der Waals surface area contributed by atoms with Gasteiger partial charge in [-0.15, -0.1) is 0 Å². The maximum Gasteiger partial charge on any atom is 0.255 e. The lowest BCUT2D eigenvalue weighted by molar-refractivity contribution is 0.0950. The van der Waals surface area contributed by atoms with E-state index in [0.29, 0.717) is 18.4 Å². The third-order valence-corrected chi connectivity index (χ3v) is 3.54. The minimum atomic E-state index is -0.338. The van der Waals surface area contributed by atoms with E-state index in [-0.39, 0.29) is 17.2 Å². The van der Waals surface area contributed by atoms with Crippen molar-refractivity contribution in [1.82, 2.24) is 10.6 Å². The Morgan fingerprint density at radius 3 is 2.36 bits per heavy atom. The monoisotopic (exact) mass is 306 g/mol. The second kappa shape index (κ2) is 10.8. The lowest BCUT2D eigenvalue weighted by Gasteiger charge is -2.07. The summed E-state index contributed by atoms with van der Waals surface area (Å²) in [5, 5.41) is 15.6. The fourth-order valence-electron chi connectivity index (χ4n) is 2.24. The number of phenolic OH excluding ortho intramolecular Hbond substituents is 1. The van der Waals surface area contributed by atoms with Crippen molar-refractivity contribution in [3.63, 3.8) is 0 Å². The van der Waals surface area contributed by atoms with Crippen LogP contribution in [0, 0.1) is 0 Å². The van der Waals surface area contributed by atoms with Gasteiger partial charge < -0.3 is 15.7 Å². The van der Waals surface area contributed by atoms with E-state index in [4.69, 9.17) is 0 Å². The maximum absolute atomic E-state index is 11.9. The molecule has 122 valence electrons. The zero-order chi connectivity index (χ0) is 16.2. The van der Waals surface area contributed by atoms with Crippen LogP contribution in [0.4, 0.5) is 0 Å². The third-order valence-electron chi connectivity index (χ3n) is 3.54. The molecule has 0 aromatic heterocycles. The first-order valence-corrected chi connectivity index (χ1v) is 7.90. The van der Waals surface area contributed by atoms with Crippen LogP contribution in [0.15, 0.2) is 18.2 Å². The van der Waals surface area contributed by atoms with Crippen LogP contribution in [0.1, 0.15) is 59.2 Å². The van der Waals surface area contributed by atoms with Crippen LogP contribution in [-0.2, 0) is 0 Å². The van der Waals surface area contributed by atoms with Gasteiger partial charge in [-0.1, -0.05) is 25.7 Å². The Hall–Kier alpha value is -1.88. The molecule has 0 spiro atoms. The Bertz CT molecular complexity index is 475. The highest BCUT2D eigenvalue weighted by Crippen LogP contribution is 2.17. The molecule has 1 aromatic carbocycles. The van der Waals surface area contributed by atoms with Gasteiger partial charge in [0, 0.05) is 12.1 Å². The number of aromatic hydroxyl groups is 1. The van der Waals surface area contributed by atoms with Gasteiger partial charge in [-0.3, -0.25) is 9.59 Å². The maximum atomic E-state index is 11.9. The van der Waals surface area contributed by atoms with Crippen LogP contribution in [0.3, 0.4) is 0 Å². The number of carbonyl (C=O) groups excluding carboxylic acids is 2. The van der Waals surface area contributed by atoms with Crippen LogP contribution >= 0.6 is 0 Å². The molecule has 0 atom stereocenters. The number of hydrogen-bond acceptors (Lipinski definition) is 4. The molecule has 5 heteroatoms. The highest BCUT2D eigenvalue weighted by atomic mass is 16.3. The normalized spacial score (nSPS) is 10.4. The van der Waals surface area contributed by atoms with Crippen LogP contribution in [0.25, 0.3) is 0 Å². The predicted octanol–water partition coefficient (Wildman–Crippen LogP) is 2.49. The summed E-state index contributed by atoms with van der Waals surface area (Å²) in [7, 11) is 1.96. The molecule has 0 aliphatic carbocycles. The summed E-state index contributed by atoms with van der Waals surface area (Å²) in [5.41, 5.74) is 0.529. The SMILES string of the molecule is CNCCCCCCCCNC(=O)c1cc(C=O)ccc1O. The fourth-order valence-corrected chi connectivity index (χ4v) is 2.24. The Morgan fingerprint density at radius 2 is 1.73 bits per heavy atom. The molecule has 0 aliphatic heterocycles. The number of phenols is 1. The zero-order valence-electron chi connectivity index (χ0n) is 13.2. The summed E-state index contributed by atoms with van der Waals surface area (Å²) < 4.78 is 0. The third kappa shape index (κ3) is 6.72. The number of unbranched alkanes of at least 4 members (excludes halogenated alkanes) is 5. The van der Waals surface area contributed by atoms with Crippen molar-refractivity contribution in [1.29, 1.82) is 0 Å². The van der Waals surface area contributed by atoms with Gasteiger partial charge in [-0.25, -0.2) is 0 Å². The molecule has 0 saturated heterocycles. The largest absolute Gasteiger partial charge is 0.507 e. The quantitative estimate of drug-likeness (QED) is 0.433. The van der Waals surface area contributed by atoms with Crippen molar-refractivity contribution in [2.45, 2.75) is 38.5 Å². The molecule has 0 heterocycles. The standard InChI is InChI=1S/C17H26N2O3/c1-18-10-6-4-2-3-5-7-11-19-17(22)15-12-14(13-20)8-9-16(15)21/h8-9,12-13,18,21H,2-7,10-11H2,1H3,(H,19,22). The van der Waals surface area contributed by atoms with E-state index in [2.05, 4.69) is 10.6 Å². The molecule has 0 bridgehead atoms. The van der Waals surface area contributed by atoms with Gasteiger partial charge in [0.05, 0.1) is 5.56 Å². The summed E-state index contributed by atoms with van der Waals surface area (Å²) >= 11 is 0. The number of benzene rings is 1. The molecule has 1 rings (SSSR count). The van der Waals surface area contributed by atoms with Crippen molar-refractivity contribution >= 4 is 12.2 Å². The first-order valence-electron chi connectivity index (χ1n) is 7.90. The van der Waals surface area contributed by atoms with Crippen LogP contribution < -0.4 is 10.6 Å². The topological polar surface area (TPSA) is 78.4 Å². The lowest BCUT2D eigenvalue weighted by Crippen LogP contribution is -2.24. The molecular formula is C17H26N2O3. The van der Waals surface area contributed by atoms with Crippen molar-refractivity contribution in [3.05, 3.63) is 29.3 Å². The number of nitrogens with one attached hydrogen (secondary N) is 2. The Kier molecular flexibility index (Phi) is 8.91. The van der Waals surface area contributed by atoms with E-state index in [1.807, 2.05) is 7.05 Å². The van der Waals surface area contributed by atoms with Crippen molar-refractivity contribution in [2.75, 3.05) is 20.1 Å². The van der Waals surface area contributed by atoms with Gasteiger partial charge in [-0.05, 0) is 44.6 Å². The summed E-state index contributed by atoms with van der Waals surface area (Å²) in [6, 6.07) is 4.25. The molecule has 0 fully saturated rings. The highest BCUT2D eigenvalue weighted by molar-refractivity contribution is 5.98. The van der Waals surface area contributed by atoms with Crippen LogP contribution in [-0.4, -0.2) is 37.4 Å². The van der Waals surface area contributed by atoms with Crippen molar-refractivity contribution < 1.29 is 14.7 Å². The van der Waals surface area contributed by atoms with Gasteiger partial charge in [0.2, 0.25) is 0 Å². The second-order valence-corrected chi connectivity index (χ2v) is 5.38. The molecule has 0 saturated carbocycles. The second-order valence-electron chi connectivity index (χ2n) is 5.38. The molecule has 3 N–H and O–H groups in total. The first-order chi connectivity index (χ1) is 10.7. The number of carbonyl (C=O) groups is 2. The van der Waals surface area contributed by atoms with Gasteiger partial charge in [0.1, 0.15) is 12.0 Å². The van der Waals surface area contributed by atoms with Crippen molar-refractivity contribution in [2.24, 2.45) is 0 Å². The average molecular weight is 306 g/mol. The number of amides is 1. The number of hydrogen-bond donors (Lipinski definition) is 3. The number of aldehydes is 1. The predicted molar refractivity (Wildman–Crippen MR) is 87.5 cm³/mol. The first kappa shape index (κ1) is 18.2. The van der Waals surface area contributed by atoms with Gasteiger partial charge in [0.25, 0.3) is 5.91 Å². The Morgan fingerprint density at radius 1 is 1.09 bits per heavy atom. The summed E-state index contributed by atoms with van der Waals surface area (Å²) in [4.78, 5) is 22.6. The molecule has 1 aromatic rings. The van der Waals surface area contributed by atoms with E-state index in [1.54, 1.807) is 0 Å². The summed E-state index contributed by atoms with van der Waals surface area (Å²) in [5.74, 6) is -0.442. The van der Waals surface area contributed by atoms with Crippen LogP contribution in [0.5, 0.6) is 5.75 Å².